The highest BCUT2D eigenvalue weighted by Crippen LogP contribution is 2.31. The Balaban J connectivity index is 1.85. The van der Waals surface area contributed by atoms with Gasteiger partial charge < -0.3 is 9.64 Å². The lowest BCUT2D eigenvalue weighted by atomic mass is 9.97. The summed E-state index contributed by atoms with van der Waals surface area (Å²) >= 11 is 0. The highest BCUT2D eigenvalue weighted by Gasteiger charge is 2.43. The molecular weight excluding hydrogens is 354 g/mol. The van der Waals surface area contributed by atoms with Crippen LogP contribution in [-0.2, 0) is 15.0 Å². The van der Waals surface area contributed by atoms with Gasteiger partial charge >= 0.3 is 0 Å². The van der Waals surface area contributed by atoms with E-state index in [1.807, 2.05) is 24.0 Å². The van der Waals surface area contributed by atoms with Gasteiger partial charge in [-0.3, -0.25) is 4.79 Å². The second-order valence-corrected chi connectivity index (χ2v) is 8.85. The summed E-state index contributed by atoms with van der Waals surface area (Å²) < 4.78 is 34.2. The standard InChI is InChI=1S/C18H27N3O4S/c1-13-6-4-5-11-21(13)18(22)17-12-16(19-26(23,24)20(17)2)14-7-9-15(25-3)10-8-14/h7-10,13,16-17,19H,4-6,11-12H2,1-3H3/t13?,16-,17+/m0/s1. The first-order valence-electron chi connectivity index (χ1n) is 9.03. The van der Waals surface area contributed by atoms with Crippen LogP contribution >= 0.6 is 0 Å². The van der Waals surface area contributed by atoms with Crippen LogP contribution in [0.5, 0.6) is 5.75 Å². The van der Waals surface area contributed by atoms with Gasteiger partial charge in [-0.2, -0.15) is 17.4 Å². The lowest BCUT2D eigenvalue weighted by Crippen LogP contribution is -2.59. The maximum atomic E-state index is 13.1. The zero-order chi connectivity index (χ0) is 18.9. The Morgan fingerprint density at radius 1 is 1.23 bits per heavy atom. The average Bonchev–Trinajstić information content (AvgIpc) is 2.63. The van der Waals surface area contributed by atoms with Crippen LogP contribution in [0, 0.1) is 0 Å². The summed E-state index contributed by atoms with van der Waals surface area (Å²) in [6.07, 6.45) is 3.46. The Kier molecular flexibility index (Phi) is 5.55. The van der Waals surface area contributed by atoms with Crippen molar-refractivity contribution in [3.05, 3.63) is 29.8 Å². The second kappa shape index (κ2) is 7.54. The fourth-order valence-electron chi connectivity index (χ4n) is 3.76. The average molecular weight is 381 g/mol. The van der Waals surface area contributed by atoms with Gasteiger partial charge in [0.2, 0.25) is 5.91 Å². The number of hydrogen-bond donors (Lipinski definition) is 1. The Labute approximate surface area is 155 Å². The molecule has 0 spiro atoms. The molecule has 26 heavy (non-hydrogen) atoms. The van der Waals surface area contributed by atoms with Crippen molar-refractivity contribution in [2.75, 3.05) is 20.7 Å². The van der Waals surface area contributed by atoms with Crippen molar-refractivity contribution < 1.29 is 17.9 Å². The van der Waals surface area contributed by atoms with Crippen molar-refractivity contribution in [3.63, 3.8) is 0 Å². The predicted octanol–water partition coefficient (Wildman–Crippen LogP) is 1.68. The summed E-state index contributed by atoms with van der Waals surface area (Å²) in [6.45, 7) is 2.73. The topological polar surface area (TPSA) is 79.0 Å². The molecule has 0 bridgehead atoms. The van der Waals surface area contributed by atoms with Gasteiger partial charge in [0.25, 0.3) is 10.2 Å². The number of likely N-dealkylation sites (N-methyl/N-ethyl adjacent to an activating group) is 1. The number of carbonyl (C=O) groups is 1. The molecule has 3 rings (SSSR count). The van der Waals surface area contributed by atoms with E-state index in [1.54, 1.807) is 19.2 Å². The maximum absolute atomic E-state index is 13.1. The van der Waals surface area contributed by atoms with Gasteiger partial charge in [-0.05, 0) is 50.3 Å². The number of piperidine rings is 1. The number of amides is 1. The fraction of sp³-hybridized carbons (Fsp3) is 0.611. The van der Waals surface area contributed by atoms with Crippen molar-refractivity contribution in [2.24, 2.45) is 0 Å². The van der Waals surface area contributed by atoms with Crippen LogP contribution in [0.4, 0.5) is 0 Å². The van der Waals surface area contributed by atoms with Gasteiger partial charge in [0.15, 0.2) is 0 Å². The molecule has 1 aromatic rings. The van der Waals surface area contributed by atoms with Crippen LogP contribution in [0.2, 0.25) is 0 Å². The van der Waals surface area contributed by atoms with E-state index in [1.165, 1.54) is 11.4 Å². The van der Waals surface area contributed by atoms with Gasteiger partial charge in [0, 0.05) is 25.7 Å². The summed E-state index contributed by atoms with van der Waals surface area (Å²) in [4.78, 5) is 15.0. The van der Waals surface area contributed by atoms with E-state index >= 15 is 0 Å². The largest absolute Gasteiger partial charge is 0.497 e. The van der Waals surface area contributed by atoms with Crippen molar-refractivity contribution >= 4 is 16.1 Å². The van der Waals surface area contributed by atoms with Crippen molar-refractivity contribution in [1.82, 2.24) is 13.9 Å². The molecule has 1 unspecified atom stereocenters. The summed E-state index contributed by atoms with van der Waals surface area (Å²) in [5, 5.41) is 0. The van der Waals surface area contributed by atoms with Gasteiger partial charge in [0.05, 0.1) is 7.11 Å². The number of ether oxygens (including phenoxy) is 1. The number of hydrogen-bond acceptors (Lipinski definition) is 4. The molecule has 0 aliphatic carbocycles. The quantitative estimate of drug-likeness (QED) is 0.864. The van der Waals surface area contributed by atoms with Crippen molar-refractivity contribution in [3.8, 4) is 5.75 Å². The van der Waals surface area contributed by atoms with E-state index < -0.39 is 22.3 Å². The lowest BCUT2D eigenvalue weighted by Gasteiger charge is -2.41. The first-order valence-corrected chi connectivity index (χ1v) is 10.5. The first kappa shape index (κ1) is 19.1. The zero-order valence-corrected chi connectivity index (χ0v) is 16.3. The minimum absolute atomic E-state index is 0.0942. The second-order valence-electron chi connectivity index (χ2n) is 7.09. The van der Waals surface area contributed by atoms with Crippen LogP contribution in [0.25, 0.3) is 0 Å². The Hall–Kier alpha value is -1.64. The van der Waals surface area contributed by atoms with Crippen LogP contribution in [0.15, 0.2) is 24.3 Å². The highest BCUT2D eigenvalue weighted by molar-refractivity contribution is 7.87. The molecule has 2 fully saturated rings. The first-order chi connectivity index (χ1) is 12.3. The molecule has 0 saturated carbocycles. The number of methoxy groups -OCH3 is 1. The molecule has 1 N–H and O–H groups in total. The zero-order valence-electron chi connectivity index (χ0n) is 15.5. The van der Waals surface area contributed by atoms with Gasteiger partial charge in [-0.15, -0.1) is 0 Å². The molecule has 1 amide bonds. The van der Waals surface area contributed by atoms with Crippen LogP contribution in [-0.4, -0.2) is 56.3 Å². The van der Waals surface area contributed by atoms with E-state index in [-0.39, 0.29) is 11.9 Å². The van der Waals surface area contributed by atoms with Crippen molar-refractivity contribution in [2.45, 2.75) is 50.7 Å². The molecule has 0 aromatic heterocycles. The monoisotopic (exact) mass is 381 g/mol. The summed E-state index contributed by atoms with van der Waals surface area (Å²) in [5.41, 5.74) is 0.826. The molecule has 7 nitrogen and oxygen atoms in total. The van der Waals surface area contributed by atoms with E-state index in [0.717, 1.165) is 24.8 Å². The lowest BCUT2D eigenvalue weighted by molar-refractivity contribution is -0.139. The molecule has 3 atom stereocenters. The third-order valence-corrected chi connectivity index (χ3v) is 7.05. The number of nitrogens with zero attached hydrogens (tertiary/aromatic N) is 2. The van der Waals surface area contributed by atoms with Gasteiger partial charge in [-0.1, -0.05) is 12.1 Å². The molecule has 144 valence electrons. The van der Waals surface area contributed by atoms with Crippen molar-refractivity contribution in [1.29, 1.82) is 0 Å². The van der Waals surface area contributed by atoms with Crippen LogP contribution in [0.1, 0.15) is 44.2 Å². The third kappa shape index (κ3) is 3.72. The molecule has 2 aliphatic heterocycles. The van der Waals surface area contributed by atoms with Gasteiger partial charge in [-0.25, -0.2) is 0 Å². The smallest absolute Gasteiger partial charge is 0.280 e. The number of likely N-dealkylation sites (tertiary alicyclic amines) is 1. The number of carbonyl (C=O) groups excluding carboxylic acids is 1. The Bertz CT molecular complexity index is 750. The predicted molar refractivity (Wildman–Crippen MR) is 99.0 cm³/mol. The minimum atomic E-state index is -3.72. The summed E-state index contributed by atoms with van der Waals surface area (Å²) in [7, 11) is -0.659. The Morgan fingerprint density at radius 2 is 1.92 bits per heavy atom. The SMILES string of the molecule is COc1ccc([C@@H]2C[C@H](C(=O)N3CCCCC3C)N(C)S(=O)(=O)N2)cc1. The van der Waals surface area contributed by atoms with E-state index in [0.29, 0.717) is 18.7 Å². The number of nitrogens with one attached hydrogen (secondary N) is 1. The molecule has 2 aliphatic rings. The van der Waals surface area contributed by atoms with Crippen LogP contribution < -0.4 is 9.46 Å². The summed E-state index contributed by atoms with van der Waals surface area (Å²) in [6, 6.07) is 6.30. The number of benzene rings is 1. The molecular formula is C18H27N3O4S. The molecule has 8 heteroatoms. The number of rotatable bonds is 3. The van der Waals surface area contributed by atoms with Gasteiger partial charge in [0.1, 0.15) is 11.8 Å². The maximum Gasteiger partial charge on any atom is 0.280 e. The van der Waals surface area contributed by atoms with E-state index in [2.05, 4.69) is 4.72 Å². The third-order valence-electron chi connectivity index (χ3n) is 5.46. The minimum Gasteiger partial charge on any atom is -0.497 e. The highest BCUT2D eigenvalue weighted by atomic mass is 32.2. The summed E-state index contributed by atoms with van der Waals surface area (Å²) in [5.74, 6) is 0.614. The molecule has 0 radical (unpaired) electrons. The fourth-order valence-corrected chi connectivity index (χ4v) is 5.03. The molecule has 2 saturated heterocycles. The molecule has 1 aromatic carbocycles. The van der Waals surface area contributed by atoms with E-state index in [9.17, 15) is 13.2 Å². The van der Waals surface area contributed by atoms with Crippen LogP contribution in [0.3, 0.4) is 0 Å². The Morgan fingerprint density at radius 3 is 2.54 bits per heavy atom. The normalized spacial score (nSPS) is 29.3. The molecule has 2 heterocycles. The van der Waals surface area contributed by atoms with E-state index in [4.69, 9.17) is 4.74 Å².